The molecular formula is C19H37N. The second kappa shape index (κ2) is 18.4. The minimum absolute atomic E-state index is 1.12. The lowest BCUT2D eigenvalue weighted by atomic mass is 10.1. The number of unbranched alkanes of at least 4 members (excludes halogenated alkanes) is 9. The second-order valence-corrected chi connectivity index (χ2v) is 5.69. The van der Waals surface area contributed by atoms with Gasteiger partial charge in [-0.25, -0.2) is 0 Å². The summed E-state index contributed by atoms with van der Waals surface area (Å²) in [7, 11) is 2.03. The van der Waals surface area contributed by atoms with E-state index in [4.69, 9.17) is 0 Å². The van der Waals surface area contributed by atoms with Gasteiger partial charge in [0.25, 0.3) is 0 Å². The van der Waals surface area contributed by atoms with Crippen molar-refractivity contribution in [3.8, 4) is 0 Å². The van der Waals surface area contributed by atoms with Gasteiger partial charge in [-0.3, -0.25) is 0 Å². The maximum Gasteiger partial charge on any atom is -0.00519 e. The molecule has 0 bridgehead atoms. The van der Waals surface area contributed by atoms with Gasteiger partial charge >= 0.3 is 0 Å². The van der Waals surface area contributed by atoms with Crippen molar-refractivity contribution in [1.82, 2.24) is 5.32 Å². The largest absolute Gasteiger partial charge is 0.320 e. The Labute approximate surface area is 127 Å². The SMILES string of the molecule is CCCCC/C=C\C/C=C\CCCCCCCCNC. The van der Waals surface area contributed by atoms with Gasteiger partial charge in [-0.2, -0.15) is 0 Å². The van der Waals surface area contributed by atoms with E-state index in [1.54, 1.807) is 0 Å². The summed E-state index contributed by atoms with van der Waals surface area (Å²) < 4.78 is 0. The second-order valence-electron chi connectivity index (χ2n) is 5.69. The minimum atomic E-state index is 1.12. The van der Waals surface area contributed by atoms with Crippen molar-refractivity contribution in [1.29, 1.82) is 0 Å². The molecule has 0 aromatic carbocycles. The van der Waals surface area contributed by atoms with Gasteiger partial charge in [-0.1, -0.05) is 69.8 Å². The molecule has 0 atom stereocenters. The quantitative estimate of drug-likeness (QED) is 0.285. The normalized spacial score (nSPS) is 11.9. The molecule has 0 saturated heterocycles. The first-order chi connectivity index (χ1) is 9.91. The first-order valence-corrected chi connectivity index (χ1v) is 8.86. The number of rotatable bonds is 15. The monoisotopic (exact) mass is 279 g/mol. The molecule has 118 valence electrons. The van der Waals surface area contributed by atoms with Gasteiger partial charge in [0.2, 0.25) is 0 Å². The van der Waals surface area contributed by atoms with Gasteiger partial charge in [0.05, 0.1) is 0 Å². The third-order valence-electron chi connectivity index (χ3n) is 3.63. The summed E-state index contributed by atoms with van der Waals surface area (Å²) in [5.74, 6) is 0. The van der Waals surface area contributed by atoms with E-state index in [2.05, 4.69) is 36.5 Å². The zero-order valence-corrected chi connectivity index (χ0v) is 14.0. The molecular weight excluding hydrogens is 242 g/mol. The standard InChI is InChI=1S/C19H37N/c1-3-4-5-6-7-8-9-10-11-12-13-14-15-16-17-18-19-20-2/h7-8,10-11,20H,3-6,9,12-19H2,1-2H3/b8-7-,11-10-. The highest BCUT2D eigenvalue weighted by atomic mass is 14.8. The third-order valence-corrected chi connectivity index (χ3v) is 3.63. The van der Waals surface area contributed by atoms with Crippen LogP contribution in [-0.2, 0) is 0 Å². The third kappa shape index (κ3) is 17.4. The van der Waals surface area contributed by atoms with E-state index < -0.39 is 0 Å². The van der Waals surface area contributed by atoms with E-state index in [-0.39, 0.29) is 0 Å². The van der Waals surface area contributed by atoms with Crippen molar-refractivity contribution in [2.24, 2.45) is 0 Å². The van der Waals surface area contributed by atoms with Crippen LogP contribution in [0.15, 0.2) is 24.3 Å². The van der Waals surface area contributed by atoms with Crippen LogP contribution < -0.4 is 5.32 Å². The van der Waals surface area contributed by atoms with Crippen LogP contribution in [0.3, 0.4) is 0 Å². The molecule has 1 N–H and O–H groups in total. The minimum Gasteiger partial charge on any atom is -0.320 e. The van der Waals surface area contributed by atoms with Crippen LogP contribution in [0, 0.1) is 0 Å². The van der Waals surface area contributed by atoms with E-state index in [1.165, 1.54) is 77.2 Å². The summed E-state index contributed by atoms with van der Waals surface area (Å²) in [6.45, 7) is 3.43. The fraction of sp³-hybridized carbons (Fsp3) is 0.789. The van der Waals surface area contributed by atoms with Crippen molar-refractivity contribution in [3.63, 3.8) is 0 Å². The van der Waals surface area contributed by atoms with Gasteiger partial charge in [0.15, 0.2) is 0 Å². The van der Waals surface area contributed by atoms with Crippen molar-refractivity contribution in [3.05, 3.63) is 24.3 Å². The predicted molar refractivity (Wildman–Crippen MR) is 93.3 cm³/mol. The first kappa shape index (κ1) is 19.4. The highest BCUT2D eigenvalue weighted by molar-refractivity contribution is 4.92. The lowest BCUT2D eigenvalue weighted by Crippen LogP contribution is -2.06. The van der Waals surface area contributed by atoms with Gasteiger partial charge in [-0.15, -0.1) is 0 Å². The maximum atomic E-state index is 3.20. The van der Waals surface area contributed by atoms with E-state index >= 15 is 0 Å². The van der Waals surface area contributed by atoms with Gasteiger partial charge < -0.3 is 5.32 Å². The fourth-order valence-electron chi connectivity index (χ4n) is 2.29. The van der Waals surface area contributed by atoms with E-state index in [1.807, 2.05) is 7.05 Å². The Kier molecular flexibility index (Phi) is 17.9. The Balaban J connectivity index is 3.12. The summed E-state index contributed by atoms with van der Waals surface area (Å²) in [6, 6.07) is 0. The summed E-state index contributed by atoms with van der Waals surface area (Å²) in [4.78, 5) is 0. The molecule has 20 heavy (non-hydrogen) atoms. The number of nitrogens with one attached hydrogen (secondary N) is 1. The lowest BCUT2D eigenvalue weighted by Gasteiger charge is -2.00. The molecule has 0 aliphatic heterocycles. The average molecular weight is 280 g/mol. The average Bonchev–Trinajstić information content (AvgIpc) is 2.47. The van der Waals surface area contributed by atoms with E-state index in [0.29, 0.717) is 0 Å². The van der Waals surface area contributed by atoms with Crippen LogP contribution in [0.1, 0.15) is 84.0 Å². The first-order valence-electron chi connectivity index (χ1n) is 8.86. The molecule has 0 unspecified atom stereocenters. The lowest BCUT2D eigenvalue weighted by molar-refractivity contribution is 0.584. The molecule has 0 spiro atoms. The molecule has 0 amide bonds. The molecule has 0 aliphatic carbocycles. The van der Waals surface area contributed by atoms with Crippen molar-refractivity contribution in [2.45, 2.75) is 84.0 Å². The zero-order chi connectivity index (χ0) is 14.7. The fourth-order valence-corrected chi connectivity index (χ4v) is 2.29. The van der Waals surface area contributed by atoms with Gasteiger partial charge in [0.1, 0.15) is 0 Å². The highest BCUT2D eigenvalue weighted by Crippen LogP contribution is 2.07. The van der Waals surface area contributed by atoms with Crippen LogP contribution >= 0.6 is 0 Å². The summed E-state index contributed by atoms with van der Waals surface area (Å²) in [6.07, 6.45) is 25.3. The predicted octanol–water partition coefficient (Wildman–Crippen LogP) is 6.02. The van der Waals surface area contributed by atoms with E-state index in [0.717, 1.165) is 6.42 Å². The molecule has 0 rings (SSSR count). The molecule has 0 saturated carbocycles. The molecule has 1 heteroatoms. The van der Waals surface area contributed by atoms with Crippen LogP contribution in [-0.4, -0.2) is 13.6 Å². The van der Waals surface area contributed by atoms with Gasteiger partial charge in [0, 0.05) is 0 Å². The Morgan fingerprint density at radius 2 is 1.20 bits per heavy atom. The topological polar surface area (TPSA) is 12.0 Å². The Bertz CT molecular complexity index is 218. The van der Waals surface area contributed by atoms with Gasteiger partial charge in [-0.05, 0) is 52.1 Å². The molecule has 0 aliphatic rings. The molecule has 0 aromatic rings. The van der Waals surface area contributed by atoms with Crippen molar-refractivity contribution < 1.29 is 0 Å². The van der Waals surface area contributed by atoms with Crippen LogP contribution in [0.25, 0.3) is 0 Å². The number of allylic oxidation sites excluding steroid dienone is 4. The van der Waals surface area contributed by atoms with Crippen LogP contribution in [0.4, 0.5) is 0 Å². The molecule has 0 radical (unpaired) electrons. The Morgan fingerprint density at radius 1 is 0.650 bits per heavy atom. The van der Waals surface area contributed by atoms with Crippen molar-refractivity contribution >= 4 is 0 Å². The number of hydrogen-bond donors (Lipinski definition) is 1. The summed E-state index contributed by atoms with van der Waals surface area (Å²) in [5.41, 5.74) is 0. The number of hydrogen-bond acceptors (Lipinski definition) is 1. The van der Waals surface area contributed by atoms with Crippen LogP contribution in [0.2, 0.25) is 0 Å². The molecule has 1 nitrogen and oxygen atoms in total. The molecule has 0 heterocycles. The molecule has 0 fully saturated rings. The Hall–Kier alpha value is -0.560. The maximum absolute atomic E-state index is 3.20. The highest BCUT2D eigenvalue weighted by Gasteiger charge is 1.89. The van der Waals surface area contributed by atoms with Crippen LogP contribution in [0.5, 0.6) is 0 Å². The van der Waals surface area contributed by atoms with E-state index in [9.17, 15) is 0 Å². The Morgan fingerprint density at radius 3 is 1.80 bits per heavy atom. The zero-order valence-electron chi connectivity index (χ0n) is 14.0. The van der Waals surface area contributed by atoms with Crippen molar-refractivity contribution in [2.75, 3.05) is 13.6 Å². The summed E-state index contributed by atoms with van der Waals surface area (Å²) >= 11 is 0. The molecule has 0 aromatic heterocycles. The summed E-state index contributed by atoms with van der Waals surface area (Å²) in [5, 5.41) is 3.20. The smallest absolute Gasteiger partial charge is 0.00519 e.